The van der Waals surface area contributed by atoms with E-state index >= 15 is 0 Å². The molecule has 7 heteroatoms. The lowest BCUT2D eigenvalue weighted by molar-refractivity contribution is 0.568. The van der Waals surface area contributed by atoms with E-state index in [0.29, 0.717) is 10.2 Å². The van der Waals surface area contributed by atoms with Crippen LogP contribution in [0.15, 0.2) is 16.6 Å². The van der Waals surface area contributed by atoms with Crippen molar-refractivity contribution in [3.8, 4) is 5.69 Å². The number of hydrogen-bond donors (Lipinski definition) is 1. The van der Waals surface area contributed by atoms with Crippen LogP contribution in [0.5, 0.6) is 0 Å². The highest BCUT2D eigenvalue weighted by atomic mass is 79.9. The molecule has 1 aromatic heterocycles. The van der Waals surface area contributed by atoms with Crippen LogP contribution in [0.3, 0.4) is 0 Å². The summed E-state index contributed by atoms with van der Waals surface area (Å²) in [5.41, 5.74) is 1.61. The van der Waals surface area contributed by atoms with Crippen molar-refractivity contribution < 1.29 is 8.78 Å². The molecule has 0 aliphatic heterocycles. The lowest BCUT2D eigenvalue weighted by atomic mass is 10.2. The molecule has 20 heavy (non-hydrogen) atoms. The summed E-state index contributed by atoms with van der Waals surface area (Å²) in [4.78, 5) is 0. The van der Waals surface area contributed by atoms with Gasteiger partial charge in [-0.3, -0.25) is 0 Å². The molecule has 1 N–H and O–H groups in total. The van der Waals surface area contributed by atoms with Crippen LogP contribution in [0.25, 0.3) is 5.69 Å². The minimum absolute atomic E-state index is 0.0102. The van der Waals surface area contributed by atoms with Crippen molar-refractivity contribution in [2.75, 3.05) is 6.54 Å². The van der Waals surface area contributed by atoms with Crippen molar-refractivity contribution in [3.63, 3.8) is 0 Å². The summed E-state index contributed by atoms with van der Waals surface area (Å²) >= 11 is 3.16. The molecule has 0 saturated carbocycles. The summed E-state index contributed by atoms with van der Waals surface area (Å²) in [5.74, 6) is -1.33. The van der Waals surface area contributed by atoms with Crippen LogP contribution in [-0.2, 0) is 0 Å². The number of hydrogen-bond acceptors (Lipinski definition) is 3. The molecule has 2 aromatic rings. The van der Waals surface area contributed by atoms with E-state index in [-0.39, 0.29) is 11.7 Å². The Morgan fingerprint density at radius 2 is 2.10 bits per heavy atom. The number of halogens is 3. The fraction of sp³-hybridized carbons (Fsp3) is 0.385. The molecule has 0 aliphatic carbocycles. The van der Waals surface area contributed by atoms with Gasteiger partial charge in [0.25, 0.3) is 0 Å². The standard InChI is InChI=1S/C13H15BrF2N4/c1-4-17-7(2)12-8(3)20(19-18-12)13-10(14)5-9(15)6-11(13)16/h5-7,17H,4H2,1-3H3. The van der Waals surface area contributed by atoms with Gasteiger partial charge in [0.1, 0.15) is 17.2 Å². The zero-order valence-corrected chi connectivity index (χ0v) is 13.0. The van der Waals surface area contributed by atoms with Crippen LogP contribution in [0.2, 0.25) is 0 Å². The number of nitrogens with one attached hydrogen (secondary N) is 1. The molecule has 1 atom stereocenters. The average molecular weight is 345 g/mol. The second-order valence-corrected chi connectivity index (χ2v) is 5.32. The lowest BCUT2D eigenvalue weighted by Crippen LogP contribution is -2.19. The van der Waals surface area contributed by atoms with Gasteiger partial charge in [0.05, 0.1) is 11.7 Å². The summed E-state index contributed by atoms with van der Waals surface area (Å²) in [5, 5.41) is 11.3. The van der Waals surface area contributed by atoms with Gasteiger partial charge in [0.15, 0.2) is 5.82 Å². The van der Waals surface area contributed by atoms with Crippen LogP contribution >= 0.6 is 15.9 Å². The predicted octanol–water partition coefficient (Wildman–Crippen LogP) is 3.29. The third-order valence-corrected chi connectivity index (χ3v) is 3.65. The summed E-state index contributed by atoms with van der Waals surface area (Å²) in [7, 11) is 0. The molecular weight excluding hydrogens is 330 g/mol. The Hall–Kier alpha value is -1.34. The Bertz CT molecular complexity index is 604. The van der Waals surface area contributed by atoms with Crippen molar-refractivity contribution >= 4 is 15.9 Å². The molecule has 0 bridgehead atoms. The summed E-state index contributed by atoms with van der Waals surface area (Å²) < 4.78 is 28.8. The van der Waals surface area contributed by atoms with Crippen LogP contribution in [0.1, 0.15) is 31.3 Å². The van der Waals surface area contributed by atoms with Gasteiger partial charge in [0.2, 0.25) is 0 Å². The topological polar surface area (TPSA) is 42.7 Å². The van der Waals surface area contributed by atoms with Gasteiger partial charge in [-0.2, -0.15) is 0 Å². The third-order valence-electron chi connectivity index (χ3n) is 3.04. The molecule has 0 spiro atoms. The lowest BCUT2D eigenvalue weighted by Gasteiger charge is -2.11. The van der Waals surface area contributed by atoms with Crippen molar-refractivity contribution in [1.29, 1.82) is 0 Å². The number of benzene rings is 1. The predicted molar refractivity (Wildman–Crippen MR) is 75.8 cm³/mol. The summed E-state index contributed by atoms with van der Waals surface area (Å²) in [6.07, 6.45) is 0. The van der Waals surface area contributed by atoms with Gasteiger partial charge >= 0.3 is 0 Å². The van der Waals surface area contributed by atoms with E-state index in [2.05, 4.69) is 31.6 Å². The number of nitrogens with zero attached hydrogens (tertiary/aromatic N) is 3. The Morgan fingerprint density at radius 1 is 1.40 bits per heavy atom. The quantitative estimate of drug-likeness (QED) is 0.925. The maximum Gasteiger partial charge on any atom is 0.153 e. The molecule has 0 amide bonds. The van der Waals surface area contributed by atoms with E-state index < -0.39 is 11.6 Å². The highest BCUT2D eigenvalue weighted by molar-refractivity contribution is 9.10. The highest BCUT2D eigenvalue weighted by Gasteiger charge is 2.19. The second kappa shape index (κ2) is 5.97. The first-order valence-corrected chi connectivity index (χ1v) is 7.05. The smallest absolute Gasteiger partial charge is 0.153 e. The van der Waals surface area contributed by atoms with Gasteiger partial charge in [-0.25, -0.2) is 13.5 Å². The van der Waals surface area contributed by atoms with Gasteiger partial charge in [-0.15, -0.1) is 5.10 Å². The monoisotopic (exact) mass is 344 g/mol. The Morgan fingerprint density at radius 3 is 2.70 bits per heavy atom. The van der Waals surface area contributed by atoms with Gasteiger partial charge in [0, 0.05) is 10.5 Å². The molecular formula is C13H15BrF2N4. The molecule has 108 valence electrons. The maximum absolute atomic E-state index is 14.0. The zero-order valence-electron chi connectivity index (χ0n) is 11.4. The van der Waals surface area contributed by atoms with Crippen molar-refractivity contribution in [1.82, 2.24) is 20.3 Å². The van der Waals surface area contributed by atoms with Gasteiger partial charge in [-0.1, -0.05) is 12.1 Å². The molecule has 0 saturated heterocycles. The maximum atomic E-state index is 14.0. The second-order valence-electron chi connectivity index (χ2n) is 4.47. The van der Waals surface area contributed by atoms with E-state index in [0.717, 1.165) is 18.3 Å². The Kier molecular flexibility index (Phi) is 4.49. The average Bonchev–Trinajstić information content (AvgIpc) is 2.71. The SMILES string of the molecule is CCNC(C)c1nnn(-c2c(F)cc(F)cc2Br)c1C. The Labute approximate surface area is 124 Å². The van der Waals surface area contributed by atoms with Gasteiger partial charge in [-0.05, 0) is 42.4 Å². The van der Waals surface area contributed by atoms with Crippen molar-refractivity contribution in [2.24, 2.45) is 0 Å². The fourth-order valence-corrected chi connectivity index (χ4v) is 2.67. The third kappa shape index (κ3) is 2.73. The first-order chi connectivity index (χ1) is 9.45. The molecule has 1 aromatic carbocycles. The van der Waals surface area contributed by atoms with Gasteiger partial charge < -0.3 is 5.32 Å². The van der Waals surface area contributed by atoms with Crippen LogP contribution < -0.4 is 5.32 Å². The van der Waals surface area contributed by atoms with Crippen LogP contribution in [-0.4, -0.2) is 21.5 Å². The van der Waals surface area contributed by atoms with E-state index in [1.807, 2.05) is 13.8 Å². The first-order valence-electron chi connectivity index (χ1n) is 6.26. The molecule has 1 unspecified atom stereocenters. The highest BCUT2D eigenvalue weighted by Crippen LogP contribution is 2.27. The van der Waals surface area contributed by atoms with Crippen LogP contribution in [0.4, 0.5) is 8.78 Å². The van der Waals surface area contributed by atoms with E-state index in [4.69, 9.17) is 0 Å². The zero-order chi connectivity index (χ0) is 14.9. The Balaban J connectivity index is 2.50. The molecule has 2 rings (SSSR count). The fourth-order valence-electron chi connectivity index (χ4n) is 2.09. The minimum Gasteiger partial charge on any atom is -0.309 e. The van der Waals surface area contributed by atoms with Crippen molar-refractivity contribution in [3.05, 3.63) is 39.6 Å². The van der Waals surface area contributed by atoms with Crippen molar-refractivity contribution in [2.45, 2.75) is 26.8 Å². The van der Waals surface area contributed by atoms with E-state index in [1.54, 1.807) is 6.92 Å². The first kappa shape index (κ1) is 15.1. The number of aromatic nitrogens is 3. The summed E-state index contributed by atoms with van der Waals surface area (Å²) in [6.45, 7) is 6.55. The molecule has 1 heterocycles. The van der Waals surface area contributed by atoms with E-state index in [1.165, 1.54) is 10.7 Å². The largest absolute Gasteiger partial charge is 0.309 e. The van der Waals surface area contributed by atoms with Crippen LogP contribution in [0, 0.1) is 18.6 Å². The molecule has 0 aliphatic rings. The molecule has 4 nitrogen and oxygen atoms in total. The number of rotatable bonds is 4. The summed E-state index contributed by atoms with van der Waals surface area (Å²) in [6, 6.07) is 2.04. The normalized spacial score (nSPS) is 12.7. The van der Waals surface area contributed by atoms with E-state index in [9.17, 15) is 8.78 Å². The molecule has 0 fully saturated rings. The minimum atomic E-state index is -0.687. The molecule has 0 radical (unpaired) electrons.